The summed E-state index contributed by atoms with van der Waals surface area (Å²) in [5.41, 5.74) is 1.96. The fourth-order valence-electron chi connectivity index (χ4n) is 9.06. The number of rotatable bonds is 23. The van der Waals surface area contributed by atoms with Gasteiger partial charge in [0.1, 0.15) is 23.7 Å². The van der Waals surface area contributed by atoms with Crippen molar-refractivity contribution in [2.45, 2.75) is 153 Å². The van der Waals surface area contributed by atoms with Crippen molar-refractivity contribution in [3.63, 3.8) is 0 Å². The summed E-state index contributed by atoms with van der Waals surface area (Å²) >= 11 is 1.50. The summed E-state index contributed by atoms with van der Waals surface area (Å²) < 4.78 is 12.9. The number of aliphatic carboxylic acids is 1. The first-order valence-electron chi connectivity index (χ1n) is 22.1. The lowest BCUT2D eigenvalue weighted by Crippen LogP contribution is -2.41. The maximum Gasteiger partial charge on any atom is 0.310 e. The number of nitrogens with zero attached hydrogens (tertiary/aromatic N) is 1. The van der Waals surface area contributed by atoms with E-state index in [0.717, 1.165) is 61.2 Å². The molecule has 60 heavy (non-hydrogen) atoms. The van der Waals surface area contributed by atoms with Gasteiger partial charge in [0.25, 0.3) is 0 Å². The molecule has 12 nitrogen and oxygen atoms in total. The smallest absolute Gasteiger partial charge is 0.310 e. The Kier molecular flexibility index (Phi) is 18.1. The van der Waals surface area contributed by atoms with Gasteiger partial charge in [-0.3, -0.25) is 33.7 Å². The molecule has 3 amide bonds. The van der Waals surface area contributed by atoms with E-state index >= 15 is 0 Å². The molecule has 328 valence electrons. The number of nitrogens with one attached hydrogen (secondary N) is 1. The number of carboxylic acid groups (broad SMARTS) is 1. The number of imide groups is 1. The third-order valence-electron chi connectivity index (χ3n) is 12.6. The molecule has 1 saturated heterocycles. The van der Waals surface area contributed by atoms with E-state index in [0.29, 0.717) is 51.5 Å². The average molecular weight is 849 g/mol. The summed E-state index contributed by atoms with van der Waals surface area (Å²) in [6, 6.07) is 5.96. The van der Waals surface area contributed by atoms with Crippen molar-refractivity contribution in [2.75, 3.05) is 18.8 Å². The Morgan fingerprint density at radius 2 is 1.83 bits per heavy atom. The third-order valence-corrected chi connectivity index (χ3v) is 13.9. The number of carbonyl (C=O) groups excluding carboxylic acids is 5. The van der Waals surface area contributed by atoms with Gasteiger partial charge in [-0.25, -0.2) is 0 Å². The van der Waals surface area contributed by atoms with Crippen LogP contribution in [-0.4, -0.2) is 93.0 Å². The number of ketones is 1. The molecule has 2 aliphatic carbocycles. The number of aliphatic hydroxyl groups excluding tert-OH is 1. The Labute approximate surface area is 359 Å². The number of para-hydroxylation sites is 1. The molecule has 2 aliphatic heterocycles. The van der Waals surface area contributed by atoms with E-state index in [4.69, 9.17) is 9.47 Å². The minimum Gasteiger partial charge on any atom is -0.489 e. The maximum atomic E-state index is 14.0. The van der Waals surface area contributed by atoms with Gasteiger partial charge in [-0.05, 0) is 62.7 Å². The fourth-order valence-corrected chi connectivity index (χ4v) is 10.2. The first-order chi connectivity index (χ1) is 28.9. The van der Waals surface area contributed by atoms with E-state index in [1.54, 1.807) is 19.9 Å². The normalized spacial score (nSPS) is 25.5. The number of hydrogen-bond acceptors (Lipinski definition) is 10. The number of carbonyl (C=O) groups is 6. The van der Waals surface area contributed by atoms with Crippen molar-refractivity contribution < 1.29 is 48.5 Å². The highest BCUT2D eigenvalue weighted by Gasteiger charge is 2.52. The molecule has 0 bridgehead atoms. The molecule has 4 aliphatic rings. The molecule has 13 heteroatoms. The van der Waals surface area contributed by atoms with Crippen molar-refractivity contribution in [3.8, 4) is 17.6 Å². The van der Waals surface area contributed by atoms with Gasteiger partial charge in [-0.2, -0.15) is 0 Å². The van der Waals surface area contributed by atoms with E-state index < -0.39 is 30.0 Å². The second-order valence-electron chi connectivity index (χ2n) is 16.8. The molecule has 0 spiro atoms. The van der Waals surface area contributed by atoms with Crippen molar-refractivity contribution in [2.24, 2.45) is 23.7 Å². The standard InChI is InChI=1S/C47H64N2O10S/c1-4-6-15-30(3)37(51)23-22-35-38(28-39-43(35)36-20-13-16-31(44(36)58-39)17-14-21-42(53)54)59-47(57)34-19-10-9-18-33(34)45(55)48-25-11-7-8-12-27-60-40-29-41(52)49(46(40)56)26-24-32(50)5-2/h13,16,20,22-23,30,33-35,37-40,43,51H,5,7-12,14-15,17-19,21,24-29H2,1-3H3,(H,48,55)(H,53,54)/b23-22+/t30-,33?,34?,35-,37+,38+,39-,40?,43-/m0/s1. The van der Waals surface area contributed by atoms with Crippen molar-refractivity contribution >= 4 is 47.2 Å². The Morgan fingerprint density at radius 1 is 1.07 bits per heavy atom. The Hall–Kier alpha value is -4.15. The number of aliphatic hydroxyl groups is 1. The molecular formula is C47H64N2O10S. The quantitative estimate of drug-likeness (QED) is 0.0358. The summed E-state index contributed by atoms with van der Waals surface area (Å²) in [6.07, 6.45) is 11.5. The molecule has 0 radical (unpaired) electrons. The van der Waals surface area contributed by atoms with E-state index in [2.05, 4.69) is 17.2 Å². The van der Waals surface area contributed by atoms with Gasteiger partial charge in [0.05, 0.1) is 23.2 Å². The molecule has 2 saturated carbocycles. The molecule has 2 heterocycles. The van der Waals surface area contributed by atoms with Crippen LogP contribution in [-0.2, 0) is 39.9 Å². The number of carboxylic acids is 1. The zero-order chi connectivity index (χ0) is 43.2. The highest BCUT2D eigenvalue weighted by atomic mass is 32.2. The number of fused-ring (bicyclic) bond motifs is 3. The second-order valence-corrected chi connectivity index (χ2v) is 18.1. The predicted octanol–water partition coefficient (Wildman–Crippen LogP) is 6.55. The van der Waals surface area contributed by atoms with Crippen LogP contribution in [0.15, 0.2) is 30.4 Å². The lowest BCUT2D eigenvalue weighted by Gasteiger charge is -2.31. The number of benzene rings is 1. The van der Waals surface area contributed by atoms with Crippen LogP contribution >= 0.6 is 11.8 Å². The highest BCUT2D eigenvalue weighted by molar-refractivity contribution is 8.00. The highest BCUT2D eigenvalue weighted by Crippen LogP contribution is 2.53. The fraction of sp³-hybridized carbons (Fsp3) is 0.660. The lowest BCUT2D eigenvalue weighted by molar-refractivity contribution is -0.161. The van der Waals surface area contributed by atoms with Crippen LogP contribution in [0.25, 0.3) is 0 Å². The summed E-state index contributed by atoms with van der Waals surface area (Å²) in [7, 11) is 0. The first kappa shape index (κ1) is 46.9. The van der Waals surface area contributed by atoms with Crippen LogP contribution in [0.4, 0.5) is 0 Å². The van der Waals surface area contributed by atoms with Crippen molar-refractivity contribution in [3.05, 3.63) is 41.5 Å². The minimum absolute atomic E-state index is 0.0392. The largest absolute Gasteiger partial charge is 0.489 e. The molecule has 1 aromatic carbocycles. The number of esters is 1. The number of amides is 3. The Bertz CT molecular complexity index is 1790. The Balaban J connectivity index is 1.12. The summed E-state index contributed by atoms with van der Waals surface area (Å²) in [5.74, 6) is 4.25. The van der Waals surface area contributed by atoms with Crippen molar-refractivity contribution in [1.29, 1.82) is 0 Å². The topological polar surface area (TPSA) is 177 Å². The number of aryl methyl sites for hydroxylation is 1. The average Bonchev–Trinajstić information content (AvgIpc) is 3.86. The van der Waals surface area contributed by atoms with Crippen LogP contribution in [0.5, 0.6) is 5.75 Å². The predicted molar refractivity (Wildman–Crippen MR) is 229 cm³/mol. The first-order valence-corrected chi connectivity index (χ1v) is 23.2. The lowest BCUT2D eigenvalue weighted by atomic mass is 9.78. The van der Waals surface area contributed by atoms with Gasteiger partial charge in [0, 0.05) is 69.0 Å². The summed E-state index contributed by atoms with van der Waals surface area (Å²) in [5, 5.41) is 22.9. The van der Waals surface area contributed by atoms with Gasteiger partial charge in [0.2, 0.25) is 17.7 Å². The van der Waals surface area contributed by atoms with Crippen LogP contribution in [0.2, 0.25) is 0 Å². The molecule has 5 rings (SSSR count). The summed E-state index contributed by atoms with van der Waals surface area (Å²) in [6.45, 7) is 6.16. The van der Waals surface area contributed by atoms with Crippen LogP contribution in [0, 0.1) is 35.5 Å². The van der Waals surface area contributed by atoms with Gasteiger partial charge < -0.3 is 25.0 Å². The minimum atomic E-state index is -0.837. The molecule has 0 aromatic heterocycles. The molecule has 9 atom stereocenters. The van der Waals surface area contributed by atoms with Gasteiger partial charge in [0.15, 0.2) is 0 Å². The molecule has 1 aromatic rings. The monoisotopic (exact) mass is 848 g/mol. The van der Waals surface area contributed by atoms with Crippen LogP contribution in [0.3, 0.4) is 0 Å². The maximum absolute atomic E-state index is 14.0. The molecule has 3 unspecified atom stereocenters. The zero-order valence-corrected chi connectivity index (χ0v) is 36.4. The molecular weight excluding hydrogens is 785 g/mol. The van der Waals surface area contributed by atoms with Crippen molar-refractivity contribution in [1.82, 2.24) is 10.2 Å². The number of thioether (sulfide) groups is 1. The second kappa shape index (κ2) is 23.2. The van der Waals surface area contributed by atoms with Gasteiger partial charge >= 0.3 is 11.9 Å². The van der Waals surface area contributed by atoms with E-state index in [-0.39, 0.29) is 84.4 Å². The zero-order valence-electron chi connectivity index (χ0n) is 35.5. The van der Waals surface area contributed by atoms with E-state index in [9.17, 15) is 39.0 Å². The van der Waals surface area contributed by atoms with Gasteiger partial charge in [-0.15, -0.1) is 23.6 Å². The van der Waals surface area contributed by atoms with E-state index in [1.165, 1.54) is 16.7 Å². The van der Waals surface area contributed by atoms with Crippen LogP contribution < -0.4 is 10.1 Å². The Morgan fingerprint density at radius 3 is 2.58 bits per heavy atom. The summed E-state index contributed by atoms with van der Waals surface area (Å²) in [4.78, 5) is 76.6. The number of likely N-dealkylation sites (tertiary alicyclic amines) is 1. The third kappa shape index (κ3) is 12.5. The number of hydrogen-bond donors (Lipinski definition) is 3. The number of ether oxygens (including phenoxy) is 2. The number of Topliss-reactive ketones (excluding diaryl/α,β-unsaturated/α-hetero) is 1. The van der Waals surface area contributed by atoms with Gasteiger partial charge in [-0.1, -0.05) is 69.9 Å². The molecule has 3 N–H and O–H groups in total. The number of unbranched alkanes of at least 4 members (excludes halogenated alkanes) is 3. The molecule has 3 fully saturated rings. The SMILES string of the molecule is CC#CC[C@H](C)[C@H](O)/C=C/[C@@H]1[C@H]2c3cccc(CCCC(=O)O)c3O[C@H]2C[C@H]1OC(=O)C1CCCCC1C(=O)NCCCCCCSC1CC(=O)N(CCC(=O)CC)C1=O. The van der Waals surface area contributed by atoms with Crippen LogP contribution in [0.1, 0.15) is 134 Å². The van der Waals surface area contributed by atoms with E-state index in [1.807, 2.05) is 31.2 Å².